The minimum absolute atomic E-state index is 0.122. The first-order valence-corrected chi connectivity index (χ1v) is 5.58. The molecule has 0 unspecified atom stereocenters. The second kappa shape index (κ2) is 4.64. The first-order valence-electron chi connectivity index (χ1n) is 5.58. The van der Waals surface area contributed by atoms with Crippen LogP contribution in [-0.4, -0.2) is 16.4 Å². The molecule has 3 heteroatoms. The van der Waals surface area contributed by atoms with Gasteiger partial charge in [-0.15, -0.1) is 0 Å². The number of hydrogen-bond donors (Lipinski definition) is 1. The first kappa shape index (κ1) is 12.7. The summed E-state index contributed by atoms with van der Waals surface area (Å²) in [6.07, 6.45) is 1.77. The largest absolute Gasteiger partial charge is 0.346 e. The van der Waals surface area contributed by atoms with Crippen LogP contribution in [0.25, 0.3) is 0 Å². The van der Waals surface area contributed by atoms with E-state index in [0.717, 1.165) is 5.56 Å². The van der Waals surface area contributed by atoms with Crippen LogP contribution in [0.4, 0.5) is 0 Å². The summed E-state index contributed by atoms with van der Waals surface area (Å²) in [6.45, 7) is 10.1. The van der Waals surface area contributed by atoms with E-state index >= 15 is 0 Å². The van der Waals surface area contributed by atoms with Gasteiger partial charge in [-0.2, -0.15) is 0 Å². The maximum atomic E-state index is 11.8. The van der Waals surface area contributed by atoms with Crippen LogP contribution in [0.2, 0.25) is 0 Å². The monoisotopic (exact) mass is 220 g/mol. The van der Waals surface area contributed by atoms with Crippen LogP contribution in [0.3, 0.4) is 0 Å². The molecule has 16 heavy (non-hydrogen) atoms. The molecule has 0 bridgehead atoms. The van der Waals surface area contributed by atoms with Gasteiger partial charge >= 0.3 is 0 Å². The third kappa shape index (κ3) is 3.65. The van der Waals surface area contributed by atoms with Crippen LogP contribution in [-0.2, 0) is 0 Å². The highest BCUT2D eigenvalue weighted by atomic mass is 16.2. The summed E-state index contributed by atoms with van der Waals surface area (Å²) in [7, 11) is 0. The van der Waals surface area contributed by atoms with Gasteiger partial charge in [0.15, 0.2) is 0 Å². The zero-order chi connectivity index (χ0) is 12.3. The Morgan fingerprint density at radius 3 is 2.31 bits per heavy atom. The molecule has 0 atom stereocenters. The summed E-state index contributed by atoms with van der Waals surface area (Å²) in [4.78, 5) is 15.9. The Kier molecular flexibility index (Phi) is 3.68. The van der Waals surface area contributed by atoms with Crippen molar-refractivity contribution in [2.45, 2.75) is 46.1 Å². The van der Waals surface area contributed by atoms with Gasteiger partial charge in [0.2, 0.25) is 0 Å². The Labute approximate surface area is 97.3 Å². The Morgan fingerprint density at radius 2 is 1.94 bits per heavy atom. The quantitative estimate of drug-likeness (QED) is 0.832. The lowest BCUT2D eigenvalue weighted by Crippen LogP contribution is -2.40. The predicted octanol–water partition coefficient (Wildman–Crippen LogP) is 2.73. The van der Waals surface area contributed by atoms with Crippen LogP contribution in [0.15, 0.2) is 18.3 Å². The molecule has 0 saturated carbocycles. The van der Waals surface area contributed by atoms with Gasteiger partial charge in [-0.1, -0.05) is 19.9 Å². The third-order valence-electron chi connectivity index (χ3n) is 2.17. The average molecular weight is 220 g/mol. The average Bonchev–Trinajstić information content (AvgIpc) is 2.15. The molecular weight excluding hydrogens is 200 g/mol. The normalized spacial score (nSPS) is 11.6. The molecular formula is C13H20N2O. The lowest BCUT2D eigenvalue weighted by Gasteiger charge is -2.20. The molecule has 1 N–H and O–H groups in total. The highest BCUT2D eigenvalue weighted by Gasteiger charge is 2.16. The Hall–Kier alpha value is -1.38. The summed E-state index contributed by atoms with van der Waals surface area (Å²) in [5.41, 5.74) is 1.39. The Balaban J connectivity index is 2.78. The Bertz CT molecular complexity index is 361. The highest BCUT2D eigenvalue weighted by Crippen LogP contribution is 2.13. The van der Waals surface area contributed by atoms with E-state index in [4.69, 9.17) is 0 Å². The van der Waals surface area contributed by atoms with E-state index in [1.54, 1.807) is 12.3 Å². The molecule has 3 nitrogen and oxygen atoms in total. The number of rotatable bonds is 2. The second-order valence-corrected chi connectivity index (χ2v) is 5.34. The van der Waals surface area contributed by atoms with Crippen molar-refractivity contribution in [1.29, 1.82) is 0 Å². The van der Waals surface area contributed by atoms with E-state index in [1.807, 2.05) is 26.8 Å². The SMILES string of the molecule is CC(C)c1ccc(C(=O)NC(C)(C)C)nc1. The van der Waals surface area contributed by atoms with E-state index in [1.165, 1.54) is 0 Å². The number of aromatic nitrogens is 1. The van der Waals surface area contributed by atoms with Crippen LogP contribution in [0.1, 0.15) is 56.6 Å². The molecule has 1 aromatic heterocycles. The summed E-state index contributed by atoms with van der Waals surface area (Å²) in [5, 5.41) is 2.88. The summed E-state index contributed by atoms with van der Waals surface area (Å²) >= 11 is 0. The van der Waals surface area contributed by atoms with E-state index in [0.29, 0.717) is 11.6 Å². The standard InChI is InChI=1S/C13H20N2O/c1-9(2)10-6-7-11(14-8-10)12(16)15-13(3,4)5/h6-9H,1-5H3,(H,15,16). The zero-order valence-corrected chi connectivity index (χ0v) is 10.7. The van der Waals surface area contributed by atoms with Crippen molar-refractivity contribution in [2.75, 3.05) is 0 Å². The van der Waals surface area contributed by atoms with Crippen molar-refractivity contribution in [2.24, 2.45) is 0 Å². The molecule has 1 amide bonds. The van der Waals surface area contributed by atoms with Gasteiger partial charge in [0.25, 0.3) is 5.91 Å². The molecule has 1 rings (SSSR count). The minimum Gasteiger partial charge on any atom is -0.346 e. The summed E-state index contributed by atoms with van der Waals surface area (Å²) in [5.74, 6) is 0.315. The molecule has 0 aliphatic heterocycles. The fourth-order valence-corrected chi connectivity index (χ4v) is 1.29. The minimum atomic E-state index is -0.227. The predicted molar refractivity (Wildman–Crippen MR) is 65.5 cm³/mol. The van der Waals surface area contributed by atoms with Gasteiger partial charge in [0, 0.05) is 11.7 Å². The highest BCUT2D eigenvalue weighted by molar-refractivity contribution is 5.92. The van der Waals surface area contributed by atoms with Crippen molar-refractivity contribution >= 4 is 5.91 Å². The lowest BCUT2D eigenvalue weighted by molar-refractivity contribution is 0.0914. The van der Waals surface area contributed by atoms with Crippen LogP contribution < -0.4 is 5.32 Å². The van der Waals surface area contributed by atoms with Crippen LogP contribution in [0, 0.1) is 0 Å². The fraction of sp³-hybridized carbons (Fsp3) is 0.538. The topological polar surface area (TPSA) is 42.0 Å². The molecule has 0 aromatic carbocycles. The molecule has 0 saturated heterocycles. The molecule has 0 aliphatic rings. The number of carbonyl (C=O) groups excluding carboxylic acids is 1. The fourth-order valence-electron chi connectivity index (χ4n) is 1.29. The van der Waals surface area contributed by atoms with Gasteiger partial charge in [-0.25, -0.2) is 0 Å². The zero-order valence-electron chi connectivity index (χ0n) is 10.7. The van der Waals surface area contributed by atoms with Crippen molar-refractivity contribution in [1.82, 2.24) is 10.3 Å². The number of hydrogen-bond acceptors (Lipinski definition) is 2. The molecule has 0 aliphatic carbocycles. The van der Waals surface area contributed by atoms with Crippen molar-refractivity contribution in [3.63, 3.8) is 0 Å². The smallest absolute Gasteiger partial charge is 0.270 e. The molecule has 0 radical (unpaired) electrons. The van der Waals surface area contributed by atoms with Crippen molar-refractivity contribution in [3.05, 3.63) is 29.6 Å². The van der Waals surface area contributed by atoms with Crippen LogP contribution >= 0.6 is 0 Å². The molecule has 0 spiro atoms. The third-order valence-corrected chi connectivity index (χ3v) is 2.17. The number of nitrogens with one attached hydrogen (secondary N) is 1. The van der Waals surface area contributed by atoms with Crippen molar-refractivity contribution < 1.29 is 4.79 Å². The van der Waals surface area contributed by atoms with E-state index < -0.39 is 0 Å². The van der Waals surface area contributed by atoms with Gasteiger partial charge in [0.1, 0.15) is 5.69 Å². The number of nitrogens with zero attached hydrogens (tertiary/aromatic N) is 1. The van der Waals surface area contributed by atoms with E-state index in [9.17, 15) is 4.79 Å². The molecule has 0 fully saturated rings. The number of amides is 1. The molecule has 1 aromatic rings. The second-order valence-electron chi connectivity index (χ2n) is 5.34. The first-order chi connectivity index (χ1) is 7.29. The van der Waals surface area contributed by atoms with Gasteiger partial charge in [0.05, 0.1) is 0 Å². The van der Waals surface area contributed by atoms with E-state index in [-0.39, 0.29) is 11.4 Å². The summed E-state index contributed by atoms with van der Waals surface area (Å²) < 4.78 is 0. The van der Waals surface area contributed by atoms with E-state index in [2.05, 4.69) is 24.1 Å². The van der Waals surface area contributed by atoms with Gasteiger partial charge in [-0.3, -0.25) is 9.78 Å². The Morgan fingerprint density at radius 1 is 1.31 bits per heavy atom. The molecule has 88 valence electrons. The lowest BCUT2D eigenvalue weighted by atomic mass is 10.1. The van der Waals surface area contributed by atoms with Gasteiger partial charge in [-0.05, 0) is 38.3 Å². The van der Waals surface area contributed by atoms with Crippen LogP contribution in [0.5, 0.6) is 0 Å². The summed E-state index contributed by atoms with van der Waals surface area (Å²) in [6, 6.07) is 3.73. The maximum Gasteiger partial charge on any atom is 0.270 e. The van der Waals surface area contributed by atoms with Gasteiger partial charge < -0.3 is 5.32 Å². The molecule has 1 heterocycles. The maximum absolute atomic E-state index is 11.8. The van der Waals surface area contributed by atoms with Crippen molar-refractivity contribution in [3.8, 4) is 0 Å². The number of pyridine rings is 1. The number of carbonyl (C=O) groups is 1.